The van der Waals surface area contributed by atoms with Crippen molar-refractivity contribution >= 4 is 9.84 Å². The average molecular weight is 288 g/mol. The first-order valence-electron chi connectivity index (χ1n) is 7.79. The zero-order valence-electron chi connectivity index (χ0n) is 12.1. The molecule has 1 N–H and O–H groups in total. The Hall–Kier alpha value is -0.130. The van der Waals surface area contributed by atoms with Gasteiger partial charge in [0.15, 0.2) is 9.84 Å². The molecular formula is C14H28N2O2S. The van der Waals surface area contributed by atoms with E-state index in [0.29, 0.717) is 18.3 Å². The van der Waals surface area contributed by atoms with Crippen molar-refractivity contribution in [1.29, 1.82) is 0 Å². The Morgan fingerprint density at radius 2 is 2.00 bits per heavy atom. The summed E-state index contributed by atoms with van der Waals surface area (Å²) in [5.41, 5.74) is 0. The third kappa shape index (κ3) is 4.43. The summed E-state index contributed by atoms with van der Waals surface area (Å²) in [6.07, 6.45) is 6.50. The number of hydrogen-bond donors (Lipinski definition) is 1. The minimum absolute atomic E-state index is 0.123. The zero-order chi connectivity index (χ0) is 13.7. The molecule has 2 unspecified atom stereocenters. The molecule has 2 heterocycles. The van der Waals surface area contributed by atoms with Crippen LogP contribution in [0.1, 0.15) is 45.4 Å². The number of nitrogens with zero attached hydrogens (tertiary/aromatic N) is 1. The Labute approximate surface area is 117 Å². The highest BCUT2D eigenvalue weighted by molar-refractivity contribution is 7.92. The van der Waals surface area contributed by atoms with Crippen LogP contribution in [0.15, 0.2) is 0 Å². The molecule has 0 aromatic heterocycles. The number of nitrogens with one attached hydrogen (secondary N) is 1. The van der Waals surface area contributed by atoms with E-state index >= 15 is 0 Å². The molecule has 0 spiro atoms. The summed E-state index contributed by atoms with van der Waals surface area (Å²) in [4.78, 5) is 2.54. The predicted octanol–water partition coefficient (Wildman–Crippen LogP) is 1.42. The van der Waals surface area contributed by atoms with Crippen molar-refractivity contribution in [2.75, 3.05) is 31.9 Å². The normalized spacial score (nSPS) is 32.3. The Morgan fingerprint density at radius 3 is 2.68 bits per heavy atom. The van der Waals surface area contributed by atoms with Gasteiger partial charge in [-0.1, -0.05) is 6.92 Å². The molecule has 0 saturated carbocycles. The van der Waals surface area contributed by atoms with E-state index in [4.69, 9.17) is 0 Å². The van der Waals surface area contributed by atoms with E-state index in [1.165, 1.54) is 32.4 Å². The van der Waals surface area contributed by atoms with Crippen LogP contribution in [-0.4, -0.2) is 56.5 Å². The first kappa shape index (κ1) is 15.3. The monoisotopic (exact) mass is 288 g/mol. The molecule has 0 bridgehead atoms. The van der Waals surface area contributed by atoms with Gasteiger partial charge in [-0.25, -0.2) is 8.42 Å². The van der Waals surface area contributed by atoms with Crippen LogP contribution >= 0.6 is 0 Å². The topological polar surface area (TPSA) is 49.4 Å². The molecule has 0 radical (unpaired) electrons. The third-order valence-electron chi connectivity index (χ3n) is 4.46. The molecule has 2 aliphatic rings. The fraction of sp³-hybridized carbons (Fsp3) is 1.00. The maximum atomic E-state index is 11.8. The van der Waals surface area contributed by atoms with E-state index in [-0.39, 0.29) is 5.25 Å². The van der Waals surface area contributed by atoms with Crippen molar-refractivity contribution in [3.8, 4) is 0 Å². The van der Waals surface area contributed by atoms with Gasteiger partial charge in [0.2, 0.25) is 0 Å². The van der Waals surface area contributed by atoms with Crippen LogP contribution < -0.4 is 5.32 Å². The minimum atomic E-state index is -2.79. The fourth-order valence-electron chi connectivity index (χ4n) is 3.29. The van der Waals surface area contributed by atoms with Crippen molar-refractivity contribution < 1.29 is 8.42 Å². The number of likely N-dealkylation sites (tertiary alicyclic amines) is 1. The van der Waals surface area contributed by atoms with Crippen LogP contribution in [0.4, 0.5) is 0 Å². The quantitative estimate of drug-likeness (QED) is 0.831. The molecule has 0 aromatic rings. The van der Waals surface area contributed by atoms with Crippen LogP contribution in [0.3, 0.4) is 0 Å². The molecular weight excluding hydrogens is 260 g/mol. The first-order chi connectivity index (χ1) is 9.12. The van der Waals surface area contributed by atoms with Crippen molar-refractivity contribution in [2.45, 2.75) is 56.7 Å². The van der Waals surface area contributed by atoms with Crippen LogP contribution in [-0.2, 0) is 9.84 Å². The second kappa shape index (κ2) is 7.04. The molecule has 2 atom stereocenters. The second-order valence-electron chi connectivity index (χ2n) is 6.01. The van der Waals surface area contributed by atoms with Crippen molar-refractivity contribution in [1.82, 2.24) is 10.2 Å². The molecule has 0 aromatic carbocycles. The molecule has 0 amide bonds. The van der Waals surface area contributed by atoms with Crippen molar-refractivity contribution in [3.63, 3.8) is 0 Å². The molecule has 0 aliphatic carbocycles. The Bertz CT molecular complexity index is 370. The fourth-order valence-corrected chi connectivity index (χ4v) is 5.06. The van der Waals surface area contributed by atoms with E-state index in [9.17, 15) is 8.42 Å². The van der Waals surface area contributed by atoms with Crippen LogP contribution in [0.2, 0.25) is 0 Å². The first-order valence-corrected chi connectivity index (χ1v) is 9.50. The van der Waals surface area contributed by atoms with Gasteiger partial charge in [-0.05, 0) is 58.2 Å². The maximum Gasteiger partial charge on any atom is 0.154 e. The van der Waals surface area contributed by atoms with Crippen LogP contribution in [0.5, 0.6) is 0 Å². The van der Waals surface area contributed by atoms with Crippen LogP contribution in [0.25, 0.3) is 0 Å². The molecule has 2 rings (SSSR count). The largest absolute Gasteiger partial charge is 0.313 e. The molecule has 112 valence electrons. The molecule has 5 heteroatoms. The van der Waals surface area contributed by atoms with Gasteiger partial charge in [-0.2, -0.15) is 0 Å². The van der Waals surface area contributed by atoms with Gasteiger partial charge in [0.1, 0.15) is 0 Å². The Kier molecular flexibility index (Phi) is 5.66. The predicted molar refractivity (Wildman–Crippen MR) is 79.2 cm³/mol. The minimum Gasteiger partial charge on any atom is -0.313 e. The molecule has 2 fully saturated rings. The van der Waals surface area contributed by atoms with E-state index in [0.717, 1.165) is 25.8 Å². The SMILES string of the molecule is CCCN1CCCC(NCC2CCCS2(=O)=O)CC1. The van der Waals surface area contributed by atoms with Gasteiger partial charge >= 0.3 is 0 Å². The van der Waals surface area contributed by atoms with Gasteiger partial charge in [0.25, 0.3) is 0 Å². The number of sulfone groups is 1. The Balaban J connectivity index is 1.74. The van der Waals surface area contributed by atoms with Gasteiger partial charge in [-0.15, -0.1) is 0 Å². The van der Waals surface area contributed by atoms with Gasteiger partial charge in [0, 0.05) is 12.6 Å². The highest BCUT2D eigenvalue weighted by Crippen LogP contribution is 2.20. The molecule has 2 saturated heterocycles. The molecule has 2 aliphatic heterocycles. The van der Waals surface area contributed by atoms with Gasteiger partial charge in [-0.3, -0.25) is 0 Å². The summed E-state index contributed by atoms with van der Waals surface area (Å²) in [6.45, 7) is 6.45. The van der Waals surface area contributed by atoms with E-state index in [1.807, 2.05) is 0 Å². The lowest BCUT2D eigenvalue weighted by Gasteiger charge is -2.20. The van der Waals surface area contributed by atoms with Crippen molar-refractivity contribution in [3.05, 3.63) is 0 Å². The lowest BCUT2D eigenvalue weighted by Crippen LogP contribution is -2.38. The second-order valence-corrected chi connectivity index (χ2v) is 8.41. The smallest absolute Gasteiger partial charge is 0.154 e. The standard InChI is InChI=1S/C14H28N2O2S/c1-2-8-16-9-3-5-13(7-10-16)15-12-14-6-4-11-19(14,17)18/h13-15H,2-12H2,1H3. The van der Waals surface area contributed by atoms with E-state index in [1.54, 1.807) is 0 Å². The van der Waals surface area contributed by atoms with E-state index < -0.39 is 9.84 Å². The number of hydrogen-bond acceptors (Lipinski definition) is 4. The number of rotatable bonds is 5. The highest BCUT2D eigenvalue weighted by Gasteiger charge is 2.31. The molecule has 19 heavy (non-hydrogen) atoms. The van der Waals surface area contributed by atoms with Crippen LogP contribution in [0, 0.1) is 0 Å². The summed E-state index contributed by atoms with van der Waals surface area (Å²) in [6, 6.07) is 0.512. The summed E-state index contributed by atoms with van der Waals surface area (Å²) in [5.74, 6) is 0.397. The summed E-state index contributed by atoms with van der Waals surface area (Å²) >= 11 is 0. The third-order valence-corrected chi connectivity index (χ3v) is 6.73. The highest BCUT2D eigenvalue weighted by atomic mass is 32.2. The molecule has 4 nitrogen and oxygen atoms in total. The summed E-state index contributed by atoms with van der Waals surface area (Å²) in [7, 11) is -2.79. The van der Waals surface area contributed by atoms with Crippen molar-refractivity contribution in [2.24, 2.45) is 0 Å². The van der Waals surface area contributed by atoms with Gasteiger partial charge in [0.05, 0.1) is 11.0 Å². The zero-order valence-corrected chi connectivity index (χ0v) is 12.9. The lowest BCUT2D eigenvalue weighted by molar-refractivity contribution is 0.282. The summed E-state index contributed by atoms with van der Waals surface area (Å²) < 4.78 is 23.6. The maximum absolute atomic E-state index is 11.8. The average Bonchev–Trinajstić information content (AvgIpc) is 2.58. The lowest BCUT2D eigenvalue weighted by atomic mass is 10.1. The van der Waals surface area contributed by atoms with Gasteiger partial charge < -0.3 is 10.2 Å². The van der Waals surface area contributed by atoms with E-state index in [2.05, 4.69) is 17.1 Å². The Morgan fingerprint density at radius 1 is 1.16 bits per heavy atom. The summed E-state index contributed by atoms with van der Waals surface area (Å²) in [5, 5.41) is 3.39.